The third-order valence-electron chi connectivity index (χ3n) is 6.16. The van der Waals surface area contributed by atoms with Crippen molar-refractivity contribution in [1.82, 2.24) is 10.2 Å². The van der Waals surface area contributed by atoms with Crippen molar-refractivity contribution in [3.05, 3.63) is 69.8 Å². The lowest BCUT2D eigenvalue weighted by Crippen LogP contribution is -2.50. The van der Waals surface area contributed by atoms with E-state index in [0.717, 1.165) is 31.2 Å². The van der Waals surface area contributed by atoms with Crippen LogP contribution in [0.1, 0.15) is 50.2 Å². The van der Waals surface area contributed by atoms with Crippen molar-refractivity contribution in [3.8, 4) is 5.75 Å². The van der Waals surface area contributed by atoms with Gasteiger partial charge in [-0.05, 0) is 37.5 Å². The zero-order valence-electron chi connectivity index (χ0n) is 19.2. The van der Waals surface area contributed by atoms with Crippen LogP contribution < -0.4 is 10.1 Å². The maximum absolute atomic E-state index is 13.4. The summed E-state index contributed by atoms with van der Waals surface area (Å²) in [6, 6.07) is 12.9. The Labute approximate surface area is 194 Å². The number of nitrogens with zero attached hydrogens (tertiary/aromatic N) is 2. The molecule has 1 N–H and O–H groups in total. The van der Waals surface area contributed by atoms with Crippen molar-refractivity contribution in [2.24, 2.45) is 0 Å². The Morgan fingerprint density at radius 3 is 2.42 bits per heavy atom. The van der Waals surface area contributed by atoms with Crippen LogP contribution in [0.3, 0.4) is 0 Å². The lowest BCUT2D eigenvalue weighted by Gasteiger charge is -2.31. The normalized spacial score (nSPS) is 14.8. The predicted molar refractivity (Wildman–Crippen MR) is 125 cm³/mol. The second-order valence-corrected chi connectivity index (χ2v) is 8.45. The number of ether oxygens (including phenoxy) is 1. The first kappa shape index (κ1) is 24.2. The van der Waals surface area contributed by atoms with Gasteiger partial charge in [0.25, 0.3) is 5.69 Å². The molecule has 1 aliphatic rings. The van der Waals surface area contributed by atoms with Gasteiger partial charge >= 0.3 is 0 Å². The Morgan fingerprint density at radius 1 is 1.12 bits per heavy atom. The largest absolute Gasteiger partial charge is 0.497 e. The number of benzene rings is 2. The summed E-state index contributed by atoms with van der Waals surface area (Å²) in [6.07, 6.45) is 5.09. The molecule has 0 spiro atoms. The van der Waals surface area contributed by atoms with Crippen molar-refractivity contribution in [3.63, 3.8) is 0 Å². The van der Waals surface area contributed by atoms with Gasteiger partial charge in [-0.1, -0.05) is 49.6 Å². The minimum absolute atomic E-state index is 0.102. The molecule has 0 bridgehead atoms. The quantitative estimate of drug-likeness (QED) is 0.457. The molecule has 1 atom stereocenters. The first-order chi connectivity index (χ1) is 15.9. The van der Waals surface area contributed by atoms with Gasteiger partial charge in [-0.15, -0.1) is 0 Å². The second kappa shape index (κ2) is 11.4. The van der Waals surface area contributed by atoms with Crippen LogP contribution >= 0.6 is 0 Å². The molecule has 2 amide bonds. The summed E-state index contributed by atoms with van der Waals surface area (Å²) in [7, 11) is 1.58. The molecule has 2 aromatic rings. The summed E-state index contributed by atoms with van der Waals surface area (Å²) in [5.74, 6) is 0.150. The van der Waals surface area contributed by atoms with Gasteiger partial charge in [0, 0.05) is 24.2 Å². The molecule has 0 aromatic heterocycles. The molecule has 1 fully saturated rings. The number of hydrogen-bond donors (Lipinski definition) is 1. The summed E-state index contributed by atoms with van der Waals surface area (Å²) in [5, 5.41) is 14.5. The van der Waals surface area contributed by atoms with Crippen molar-refractivity contribution in [1.29, 1.82) is 0 Å². The maximum Gasteiger partial charge on any atom is 0.273 e. The molecule has 8 nitrogen and oxygen atoms in total. The number of carbonyl (C=O) groups is 2. The Bertz CT molecular complexity index is 970. The first-order valence-corrected chi connectivity index (χ1v) is 11.3. The molecule has 3 rings (SSSR count). The summed E-state index contributed by atoms with van der Waals surface area (Å²) < 4.78 is 5.20. The molecule has 0 aliphatic heterocycles. The molecule has 0 radical (unpaired) electrons. The van der Waals surface area contributed by atoms with Gasteiger partial charge in [0.2, 0.25) is 11.8 Å². The fraction of sp³-hybridized carbons (Fsp3) is 0.440. The van der Waals surface area contributed by atoms with E-state index in [1.165, 1.54) is 17.4 Å². The van der Waals surface area contributed by atoms with E-state index in [1.807, 2.05) is 12.1 Å². The highest BCUT2D eigenvalue weighted by molar-refractivity contribution is 5.88. The van der Waals surface area contributed by atoms with Crippen LogP contribution in [0.5, 0.6) is 5.75 Å². The third-order valence-corrected chi connectivity index (χ3v) is 6.16. The fourth-order valence-corrected chi connectivity index (χ4v) is 4.18. The monoisotopic (exact) mass is 453 g/mol. The van der Waals surface area contributed by atoms with Gasteiger partial charge in [0.15, 0.2) is 0 Å². The summed E-state index contributed by atoms with van der Waals surface area (Å²) in [6.45, 7) is 1.92. The van der Waals surface area contributed by atoms with E-state index in [-0.39, 0.29) is 36.5 Å². The van der Waals surface area contributed by atoms with E-state index in [1.54, 1.807) is 44.4 Å². The van der Waals surface area contributed by atoms with Crippen molar-refractivity contribution in [2.45, 2.75) is 64.1 Å². The molecule has 0 heterocycles. The molecule has 0 saturated heterocycles. The average molecular weight is 454 g/mol. The number of nitro groups is 1. The molecular weight excluding hydrogens is 422 g/mol. The van der Waals surface area contributed by atoms with Crippen LogP contribution in [0.25, 0.3) is 0 Å². The second-order valence-electron chi connectivity index (χ2n) is 8.45. The number of amides is 2. The molecule has 1 saturated carbocycles. The third kappa shape index (κ3) is 6.54. The Balaban J connectivity index is 1.81. The Morgan fingerprint density at radius 2 is 1.79 bits per heavy atom. The standard InChI is InChI=1S/C25H31N3O5/c1-18(25(30)26-21-9-4-3-5-10-21)27(17-19-12-14-22(33-2)15-13-19)24(29)16-20-8-6-7-11-23(20)28(31)32/h6-8,11-15,18,21H,3-5,9-10,16-17H2,1-2H3,(H,26,30)/t18-/m0/s1. The van der Waals surface area contributed by atoms with Gasteiger partial charge in [0.05, 0.1) is 18.5 Å². The number of carbonyl (C=O) groups excluding carboxylic acids is 2. The number of rotatable bonds is 9. The van der Waals surface area contributed by atoms with Crippen LogP contribution in [0.15, 0.2) is 48.5 Å². The van der Waals surface area contributed by atoms with Gasteiger partial charge < -0.3 is 15.0 Å². The van der Waals surface area contributed by atoms with E-state index in [9.17, 15) is 19.7 Å². The molecule has 2 aromatic carbocycles. The van der Waals surface area contributed by atoms with E-state index < -0.39 is 11.0 Å². The SMILES string of the molecule is COc1ccc(CN(C(=O)Cc2ccccc2[N+](=O)[O-])[C@@H](C)C(=O)NC2CCCCC2)cc1. The highest BCUT2D eigenvalue weighted by Gasteiger charge is 2.29. The van der Waals surface area contributed by atoms with Crippen LogP contribution in [0.2, 0.25) is 0 Å². The fourth-order valence-electron chi connectivity index (χ4n) is 4.18. The topological polar surface area (TPSA) is 102 Å². The van der Waals surface area contributed by atoms with Gasteiger partial charge in [-0.2, -0.15) is 0 Å². The number of nitro benzene ring substituents is 1. The summed E-state index contributed by atoms with van der Waals surface area (Å²) in [5.41, 5.74) is 1.06. The number of methoxy groups -OCH3 is 1. The molecule has 0 unspecified atom stereocenters. The molecular formula is C25H31N3O5. The van der Waals surface area contributed by atoms with Crippen molar-refractivity contribution in [2.75, 3.05) is 7.11 Å². The number of hydrogen-bond acceptors (Lipinski definition) is 5. The van der Waals surface area contributed by atoms with Crippen molar-refractivity contribution >= 4 is 17.5 Å². The van der Waals surface area contributed by atoms with E-state index in [4.69, 9.17) is 4.74 Å². The zero-order chi connectivity index (χ0) is 23.8. The Hall–Kier alpha value is -3.42. The smallest absolute Gasteiger partial charge is 0.273 e. The summed E-state index contributed by atoms with van der Waals surface area (Å²) >= 11 is 0. The molecule has 176 valence electrons. The van der Waals surface area contributed by atoms with Gasteiger partial charge in [-0.3, -0.25) is 19.7 Å². The lowest BCUT2D eigenvalue weighted by atomic mass is 9.95. The van der Waals surface area contributed by atoms with Crippen LogP contribution in [-0.2, 0) is 22.6 Å². The van der Waals surface area contributed by atoms with Crippen LogP contribution in [0.4, 0.5) is 5.69 Å². The number of para-hydroxylation sites is 1. The minimum atomic E-state index is -0.718. The van der Waals surface area contributed by atoms with E-state index >= 15 is 0 Å². The van der Waals surface area contributed by atoms with Crippen LogP contribution in [-0.4, -0.2) is 40.8 Å². The minimum Gasteiger partial charge on any atom is -0.497 e. The predicted octanol–water partition coefficient (Wildman–Crippen LogP) is 4.01. The Kier molecular flexibility index (Phi) is 8.40. The molecule has 33 heavy (non-hydrogen) atoms. The lowest BCUT2D eigenvalue weighted by molar-refractivity contribution is -0.385. The average Bonchev–Trinajstić information content (AvgIpc) is 2.83. The zero-order valence-corrected chi connectivity index (χ0v) is 19.2. The van der Waals surface area contributed by atoms with E-state index in [0.29, 0.717) is 11.3 Å². The molecule has 1 aliphatic carbocycles. The van der Waals surface area contributed by atoms with Gasteiger partial charge in [-0.25, -0.2) is 0 Å². The maximum atomic E-state index is 13.4. The van der Waals surface area contributed by atoms with Crippen LogP contribution in [0, 0.1) is 10.1 Å². The van der Waals surface area contributed by atoms with Crippen molar-refractivity contribution < 1.29 is 19.2 Å². The summed E-state index contributed by atoms with van der Waals surface area (Å²) in [4.78, 5) is 38.8. The number of nitrogens with one attached hydrogen (secondary N) is 1. The highest BCUT2D eigenvalue weighted by Crippen LogP contribution is 2.22. The van der Waals surface area contributed by atoms with Gasteiger partial charge in [0.1, 0.15) is 11.8 Å². The van der Waals surface area contributed by atoms with E-state index in [2.05, 4.69) is 5.32 Å². The first-order valence-electron chi connectivity index (χ1n) is 11.3. The molecule has 8 heteroatoms. The highest BCUT2D eigenvalue weighted by atomic mass is 16.6.